The van der Waals surface area contributed by atoms with Crippen molar-refractivity contribution in [1.82, 2.24) is 5.32 Å². The summed E-state index contributed by atoms with van der Waals surface area (Å²) in [6.07, 6.45) is 2.05. The minimum atomic E-state index is -0.569. The average Bonchev–Trinajstić information content (AvgIpc) is 2.38. The van der Waals surface area contributed by atoms with Crippen molar-refractivity contribution in [2.24, 2.45) is 0 Å². The quantitative estimate of drug-likeness (QED) is 0.809. The standard InChI is InChI=1S/C13H19NO2S/c15-17-10-6-12(7-11-17)14-8-9-16-13-4-2-1-3-5-13/h1-5,12,14H,6-11H2. The first kappa shape index (κ1) is 12.6. The van der Waals surface area contributed by atoms with Gasteiger partial charge in [-0.05, 0) is 25.0 Å². The van der Waals surface area contributed by atoms with E-state index in [2.05, 4.69) is 5.32 Å². The van der Waals surface area contributed by atoms with Crippen LogP contribution < -0.4 is 10.1 Å². The highest BCUT2D eigenvalue weighted by Crippen LogP contribution is 2.09. The lowest BCUT2D eigenvalue weighted by Crippen LogP contribution is -2.37. The minimum Gasteiger partial charge on any atom is -0.492 e. The molecule has 0 atom stereocenters. The van der Waals surface area contributed by atoms with Crippen LogP contribution in [-0.2, 0) is 10.8 Å². The van der Waals surface area contributed by atoms with Crippen LogP contribution in [0, 0.1) is 0 Å². The molecule has 0 radical (unpaired) electrons. The third-order valence-electron chi connectivity index (χ3n) is 2.93. The highest BCUT2D eigenvalue weighted by atomic mass is 32.2. The molecule has 1 fully saturated rings. The Morgan fingerprint density at radius 2 is 1.94 bits per heavy atom. The van der Waals surface area contributed by atoms with Gasteiger partial charge in [0.25, 0.3) is 0 Å². The molecule has 3 nitrogen and oxygen atoms in total. The number of benzene rings is 1. The van der Waals surface area contributed by atoms with E-state index in [1.54, 1.807) is 0 Å². The lowest BCUT2D eigenvalue weighted by Gasteiger charge is -2.22. The topological polar surface area (TPSA) is 38.3 Å². The lowest BCUT2D eigenvalue weighted by molar-refractivity contribution is 0.302. The number of hydrogen-bond acceptors (Lipinski definition) is 3. The van der Waals surface area contributed by atoms with Crippen molar-refractivity contribution in [3.63, 3.8) is 0 Å². The van der Waals surface area contributed by atoms with Gasteiger partial charge in [-0.2, -0.15) is 0 Å². The predicted molar refractivity (Wildman–Crippen MR) is 70.8 cm³/mol. The molecular formula is C13H19NO2S. The van der Waals surface area contributed by atoms with E-state index in [0.29, 0.717) is 12.6 Å². The van der Waals surface area contributed by atoms with Crippen LogP contribution in [0.15, 0.2) is 30.3 Å². The molecule has 0 aromatic heterocycles. The van der Waals surface area contributed by atoms with E-state index in [1.807, 2.05) is 30.3 Å². The molecule has 2 rings (SSSR count). The van der Waals surface area contributed by atoms with Gasteiger partial charge >= 0.3 is 0 Å². The molecule has 17 heavy (non-hydrogen) atoms. The molecule has 1 aliphatic heterocycles. The van der Waals surface area contributed by atoms with Crippen molar-refractivity contribution in [2.45, 2.75) is 18.9 Å². The summed E-state index contributed by atoms with van der Waals surface area (Å²) >= 11 is 0. The third-order valence-corrected chi connectivity index (χ3v) is 4.32. The zero-order valence-electron chi connectivity index (χ0n) is 9.93. The summed E-state index contributed by atoms with van der Waals surface area (Å²) in [4.78, 5) is 0. The summed E-state index contributed by atoms with van der Waals surface area (Å²) in [5, 5.41) is 3.45. The Morgan fingerprint density at radius 3 is 2.65 bits per heavy atom. The summed E-state index contributed by atoms with van der Waals surface area (Å²) in [5.41, 5.74) is 0. The molecule has 1 saturated heterocycles. The number of rotatable bonds is 5. The van der Waals surface area contributed by atoms with Gasteiger partial charge in [0.15, 0.2) is 0 Å². The van der Waals surface area contributed by atoms with E-state index in [9.17, 15) is 4.21 Å². The molecule has 1 aliphatic rings. The fourth-order valence-electron chi connectivity index (χ4n) is 1.95. The first-order valence-electron chi connectivity index (χ1n) is 6.11. The molecule has 0 aliphatic carbocycles. The van der Waals surface area contributed by atoms with Crippen LogP contribution in [0.2, 0.25) is 0 Å². The highest BCUT2D eigenvalue weighted by molar-refractivity contribution is 7.85. The van der Waals surface area contributed by atoms with Gasteiger partial charge in [-0.15, -0.1) is 0 Å². The maximum atomic E-state index is 11.2. The van der Waals surface area contributed by atoms with Crippen LogP contribution >= 0.6 is 0 Å². The zero-order valence-corrected chi connectivity index (χ0v) is 10.7. The second-order valence-corrected chi connectivity index (χ2v) is 5.93. The van der Waals surface area contributed by atoms with Gasteiger partial charge < -0.3 is 10.1 Å². The molecule has 4 heteroatoms. The number of para-hydroxylation sites is 1. The summed E-state index contributed by atoms with van der Waals surface area (Å²) in [5.74, 6) is 2.60. The van der Waals surface area contributed by atoms with Crippen LogP contribution in [0.1, 0.15) is 12.8 Å². The Hall–Kier alpha value is -0.870. The largest absolute Gasteiger partial charge is 0.492 e. The normalized spacial score (nSPS) is 24.5. The summed E-state index contributed by atoms with van der Waals surface area (Å²) in [6.45, 7) is 1.54. The number of ether oxygens (including phenoxy) is 1. The Bertz CT molecular complexity index is 346. The molecule has 94 valence electrons. The maximum absolute atomic E-state index is 11.2. The minimum absolute atomic E-state index is 0.520. The van der Waals surface area contributed by atoms with Crippen molar-refractivity contribution >= 4 is 10.8 Å². The molecule has 0 bridgehead atoms. The monoisotopic (exact) mass is 253 g/mol. The van der Waals surface area contributed by atoms with E-state index in [0.717, 1.165) is 36.6 Å². The predicted octanol–water partition coefficient (Wildman–Crippen LogP) is 1.57. The summed E-state index contributed by atoms with van der Waals surface area (Å²) < 4.78 is 16.8. The molecule has 1 aromatic rings. The summed E-state index contributed by atoms with van der Waals surface area (Å²) in [7, 11) is -0.569. The SMILES string of the molecule is O=S1CCC(NCCOc2ccccc2)CC1. The van der Waals surface area contributed by atoms with E-state index in [4.69, 9.17) is 4.74 Å². The van der Waals surface area contributed by atoms with Crippen molar-refractivity contribution < 1.29 is 8.95 Å². The molecular weight excluding hydrogens is 234 g/mol. The average molecular weight is 253 g/mol. The van der Waals surface area contributed by atoms with Crippen LogP contribution in [-0.4, -0.2) is 34.9 Å². The molecule has 1 aromatic carbocycles. The fourth-order valence-corrected chi connectivity index (χ4v) is 3.25. The van der Waals surface area contributed by atoms with E-state index in [1.165, 1.54) is 0 Å². The molecule has 0 spiro atoms. The second-order valence-electron chi connectivity index (χ2n) is 4.24. The van der Waals surface area contributed by atoms with Gasteiger partial charge in [0.1, 0.15) is 12.4 Å². The van der Waals surface area contributed by atoms with Crippen LogP contribution in [0.4, 0.5) is 0 Å². The van der Waals surface area contributed by atoms with Crippen LogP contribution in [0.5, 0.6) is 5.75 Å². The number of nitrogens with one attached hydrogen (secondary N) is 1. The first-order valence-corrected chi connectivity index (χ1v) is 7.59. The fraction of sp³-hybridized carbons (Fsp3) is 0.538. The lowest BCUT2D eigenvalue weighted by atomic mass is 10.1. The molecule has 1 N–H and O–H groups in total. The van der Waals surface area contributed by atoms with Gasteiger partial charge in [0.2, 0.25) is 0 Å². The second kappa shape index (κ2) is 6.77. The molecule has 0 saturated carbocycles. The first-order chi connectivity index (χ1) is 8.34. The van der Waals surface area contributed by atoms with Crippen molar-refractivity contribution in [3.05, 3.63) is 30.3 Å². The van der Waals surface area contributed by atoms with Gasteiger partial charge in [-0.1, -0.05) is 18.2 Å². The van der Waals surface area contributed by atoms with Gasteiger partial charge in [-0.25, -0.2) is 0 Å². The molecule has 0 unspecified atom stereocenters. The van der Waals surface area contributed by atoms with E-state index in [-0.39, 0.29) is 0 Å². The zero-order chi connectivity index (χ0) is 11.9. The third kappa shape index (κ3) is 4.48. The van der Waals surface area contributed by atoms with Crippen molar-refractivity contribution in [1.29, 1.82) is 0 Å². The van der Waals surface area contributed by atoms with Crippen LogP contribution in [0.3, 0.4) is 0 Å². The van der Waals surface area contributed by atoms with E-state index < -0.39 is 10.8 Å². The van der Waals surface area contributed by atoms with Crippen molar-refractivity contribution in [2.75, 3.05) is 24.7 Å². The van der Waals surface area contributed by atoms with Crippen LogP contribution in [0.25, 0.3) is 0 Å². The maximum Gasteiger partial charge on any atom is 0.119 e. The van der Waals surface area contributed by atoms with Gasteiger partial charge in [0, 0.05) is 34.9 Å². The number of hydrogen-bond donors (Lipinski definition) is 1. The Labute approximate surface area is 105 Å². The van der Waals surface area contributed by atoms with E-state index >= 15 is 0 Å². The highest BCUT2D eigenvalue weighted by Gasteiger charge is 2.16. The summed E-state index contributed by atoms with van der Waals surface area (Å²) in [6, 6.07) is 10.4. The smallest absolute Gasteiger partial charge is 0.119 e. The Kier molecular flexibility index (Phi) is 5.01. The van der Waals surface area contributed by atoms with Crippen molar-refractivity contribution in [3.8, 4) is 5.75 Å². The van der Waals surface area contributed by atoms with Gasteiger partial charge in [0.05, 0.1) is 0 Å². The Morgan fingerprint density at radius 1 is 1.24 bits per heavy atom. The molecule has 0 amide bonds. The molecule has 1 heterocycles. The van der Waals surface area contributed by atoms with Gasteiger partial charge in [-0.3, -0.25) is 4.21 Å². The Balaban J connectivity index is 1.59.